The molecule has 2 aromatic rings. The lowest BCUT2D eigenvalue weighted by atomic mass is 9.74. The van der Waals surface area contributed by atoms with E-state index in [9.17, 15) is 5.11 Å². The van der Waals surface area contributed by atoms with Gasteiger partial charge in [0.25, 0.3) is 0 Å². The van der Waals surface area contributed by atoms with Crippen molar-refractivity contribution >= 4 is 0 Å². The average Bonchev–Trinajstić information content (AvgIpc) is 2.76. The summed E-state index contributed by atoms with van der Waals surface area (Å²) in [5.41, 5.74) is 5.42. The predicted molar refractivity (Wildman–Crippen MR) is 85.5 cm³/mol. The Morgan fingerprint density at radius 3 is 2.62 bits per heavy atom. The van der Waals surface area contributed by atoms with Crippen LogP contribution >= 0.6 is 0 Å². The summed E-state index contributed by atoms with van der Waals surface area (Å²) in [5.74, 6) is 0.652. The van der Waals surface area contributed by atoms with Gasteiger partial charge in [-0.15, -0.1) is 0 Å². The number of fused-ring (bicyclic) bond motifs is 1. The molecule has 2 aliphatic rings. The molecule has 108 valence electrons. The summed E-state index contributed by atoms with van der Waals surface area (Å²) in [4.78, 5) is 0. The Labute approximate surface area is 126 Å². The second-order valence-corrected chi connectivity index (χ2v) is 6.74. The molecule has 0 saturated heterocycles. The Kier molecular flexibility index (Phi) is 2.93. The number of benzene rings is 2. The highest BCUT2D eigenvalue weighted by Gasteiger charge is 2.40. The molecule has 0 bridgehead atoms. The van der Waals surface area contributed by atoms with Crippen molar-refractivity contribution in [3.63, 3.8) is 0 Å². The zero-order valence-corrected chi connectivity index (χ0v) is 12.6. The normalized spacial score (nSPS) is 24.7. The smallest absolute Gasteiger partial charge is 0.115 e. The van der Waals surface area contributed by atoms with Crippen molar-refractivity contribution in [3.8, 4) is 0 Å². The van der Waals surface area contributed by atoms with Gasteiger partial charge in [0.1, 0.15) is 5.60 Å². The quantitative estimate of drug-likeness (QED) is 0.860. The second kappa shape index (κ2) is 4.71. The van der Waals surface area contributed by atoms with Gasteiger partial charge in [0.2, 0.25) is 0 Å². The maximum atomic E-state index is 11.5. The maximum absolute atomic E-state index is 11.5. The number of aryl methyl sites for hydroxylation is 2. The fourth-order valence-electron chi connectivity index (χ4n) is 3.97. The van der Waals surface area contributed by atoms with Gasteiger partial charge in [0.15, 0.2) is 0 Å². The summed E-state index contributed by atoms with van der Waals surface area (Å²) >= 11 is 0. The lowest BCUT2D eigenvalue weighted by molar-refractivity contribution is 0.0809. The van der Waals surface area contributed by atoms with Crippen molar-refractivity contribution in [2.45, 2.75) is 50.5 Å². The van der Waals surface area contributed by atoms with Crippen molar-refractivity contribution in [2.75, 3.05) is 0 Å². The summed E-state index contributed by atoms with van der Waals surface area (Å²) in [5, 5.41) is 11.5. The molecule has 2 aromatic carbocycles. The van der Waals surface area contributed by atoms with Crippen molar-refractivity contribution in [1.29, 1.82) is 0 Å². The second-order valence-electron chi connectivity index (χ2n) is 6.74. The molecular weight excluding hydrogens is 256 g/mol. The molecule has 21 heavy (non-hydrogen) atoms. The van der Waals surface area contributed by atoms with E-state index in [4.69, 9.17) is 0 Å². The molecular formula is C20H22O. The van der Waals surface area contributed by atoms with E-state index in [0.29, 0.717) is 5.92 Å². The van der Waals surface area contributed by atoms with Crippen molar-refractivity contribution < 1.29 is 5.11 Å². The van der Waals surface area contributed by atoms with Gasteiger partial charge in [0, 0.05) is 0 Å². The van der Waals surface area contributed by atoms with Crippen LogP contribution in [0.5, 0.6) is 0 Å². The van der Waals surface area contributed by atoms with Gasteiger partial charge < -0.3 is 5.11 Å². The van der Waals surface area contributed by atoms with Gasteiger partial charge in [-0.05, 0) is 60.8 Å². The third-order valence-corrected chi connectivity index (χ3v) is 5.42. The Morgan fingerprint density at radius 2 is 1.86 bits per heavy atom. The number of rotatable bonds is 2. The first-order valence-corrected chi connectivity index (χ1v) is 8.10. The minimum Gasteiger partial charge on any atom is -0.380 e. The monoisotopic (exact) mass is 278 g/mol. The van der Waals surface area contributed by atoms with E-state index in [1.165, 1.54) is 36.0 Å². The highest BCUT2D eigenvalue weighted by atomic mass is 16.3. The summed E-state index contributed by atoms with van der Waals surface area (Å²) in [6.07, 6.45) is 5.66. The molecule has 0 amide bonds. The highest BCUT2D eigenvalue weighted by Crippen LogP contribution is 2.47. The summed E-state index contributed by atoms with van der Waals surface area (Å²) < 4.78 is 0. The van der Waals surface area contributed by atoms with E-state index in [2.05, 4.69) is 49.4 Å². The fraction of sp³-hybridized carbons (Fsp3) is 0.400. The van der Waals surface area contributed by atoms with Crippen LogP contribution in [0.25, 0.3) is 0 Å². The molecule has 1 heteroatoms. The largest absolute Gasteiger partial charge is 0.380 e. The zero-order valence-electron chi connectivity index (χ0n) is 12.6. The molecule has 1 atom stereocenters. The average molecular weight is 278 g/mol. The molecule has 0 aliphatic heterocycles. The predicted octanol–water partition coefficient (Wildman–Crippen LogP) is 4.44. The molecule has 1 saturated carbocycles. The fourth-order valence-corrected chi connectivity index (χ4v) is 3.97. The summed E-state index contributed by atoms with van der Waals surface area (Å²) in [6, 6.07) is 15.1. The SMILES string of the molecule is Cc1ccc2c(c1)C(O)(c1ccccc1C1CCC1)CC2. The molecule has 4 rings (SSSR count). The lowest BCUT2D eigenvalue weighted by Crippen LogP contribution is -2.27. The Balaban J connectivity index is 1.86. The first kappa shape index (κ1) is 13.1. The maximum Gasteiger partial charge on any atom is 0.115 e. The van der Waals surface area contributed by atoms with E-state index < -0.39 is 5.60 Å². The van der Waals surface area contributed by atoms with Crippen LogP contribution in [0.15, 0.2) is 42.5 Å². The van der Waals surface area contributed by atoms with Crippen LogP contribution in [0.1, 0.15) is 59.4 Å². The number of aliphatic hydroxyl groups is 1. The minimum atomic E-state index is -0.784. The van der Waals surface area contributed by atoms with Gasteiger partial charge in [-0.3, -0.25) is 0 Å². The standard InChI is InChI=1S/C20H22O/c1-14-9-10-16-11-12-20(21,19(16)13-14)18-8-3-2-7-17(18)15-5-4-6-15/h2-3,7-10,13,15,21H,4-6,11-12H2,1H3. The summed E-state index contributed by atoms with van der Waals surface area (Å²) in [7, 11) is 0. The Hall–Kier alpha value is -1.60. The van der Waals surface area contributed by atoms with Crippen LogP contribution in [0.4, 0.5) is 0 Å². The molecule has 0 spiro atoms. The Bertz CT molecular complexity index is 684. The molecule has 1 N–H and O–H groups in total. The van der Waals surface area contributed by atoms with E-state index in [0.717, 1.165) is 24.0 Å². The van der Waals surface area contributed by atoms with Gasteiger partial charge in [0.05, 0.1) is 0 Å². The van der Waals surface area contributed by atoms with Crippen molar-refractivity contribution in [1.82, 2.24) is 0 Å². The third-order valence-electron chi connectivity index (χ3n) is 5.42. The lowest BCUT2D eigenvalue weighted by Gasteiger charge is -2.33. The molecule has 2 aliphatic carbocycles. The van der Waals surface area contributed by atoms with Crippen molar-refractivity contribution in [2.24, 2.45) is 0 Å². The molecule has 1 unspecified atom stereocenters. The van der Waals surface area contributed by atoms with Crippen molar-refractivity contribution in [3.05, 3.63) is 70.3 Å². The zero-order chi connectivity index (χ0) is 14.4. The van der Waals surface area contributed by atoms with Crippen LogP contribution < -0.4 is 0 Å². The Morgan fingerprint density at radius 1 is 1.05 bits per heavy atom. The number of hydrogen-bond donors (Lipinski definition) is 1. The minimum absolute atomic E-state index is 0.652. The van der Waals surface area contributed by atoms with Crippen LogP contribution in [0.2, 0.25) is 0 Å². The highest BCUT2D eigenvalue weighted by molar-refractivity contribution is 5.50. The van der Waals surface area contributed by atoms with Crippen LogP contribution in [-0.4, -0.2) is 5.11 Å². The van der Waals surface area contributed by atoms with Crippen LogP contribution in [0.3, 0.4) is 0 Å². The van der Waals surface area contributed by atoms with Gasteiger partial charge in [-0.25, -0.2) is 0 Å². The van der Waals surface area contributed by atoms with Crippen LogP contribution in [-0.2, 0) is 12.0 Å². The van der Waals surface area contributed by atoms with E-state index in [-0.39, 0.29) is 0 Å². The molecule has 0 aromatic heterocycles. The van der Waals surface area contributed by atoms with Gasteiger partial charge in [-0.2, -0.15) is 0 Å². The molecule has 0 heterocycles. The number of hydrogen-bond acceptors (Lipinski definition) is 1. The topological polar surface area (TPSA) is 20.2 Å². The van der Waals surface area contributed by atoms with Gasteiger partial charge >= 0.3 is 0 Å². The van der Waals surface area contributed by atoms with Crippen LogP contribution in [0, 0.1) is 6.92 Å². The summed E-state index contributed by atoms with van der Waals surface area (Å²) in [6.45, 7) is 2.11. The van der Waals surface area contributed by atoms with Gasteiger partial charge in [-0.1, -0.05) is 54.4 Å². The molecule has 0 radical (unpaired) electrons. The first-order valence-electron chi connectivity index (χ1n) is 8.10. The van der Waals surface area contributed by atoms with E-state index >= 15 is 0 Å². The first-order chi connectivity index (χ1) is 10.2. The van der Waals surface area contributed by atoms with E-state index in [1.54, 1.807) is 0 Å². The molecule has 1 nitrogen and oxygen atoms in total. The van der Waals surface area contributed by atoms with E-state index in [1.807, 2.05) is 0 Å². The molecule has 1 fully saturated rings. The third kappa shape index (κ3) is 1.95.